The molecule has 1 amide bonds. The summed E-state index contributed by atoms with van der Waals surface area (Å²) in [5.74, 6) is 3.28. The first-order valence-corrected chi connectivity index (χ1v) is 12.5. The minimum Gasteiger partial charge on any atom is -0.474 e. The number of amides is 1. The van der Waals surface area contributed by atoms with E-state index in [0.717, 1.165) is 29.4 Å². The predicted molar refractivity (Wildman–Crippen MR) is 134 cm³/mol. The monoisotopic (exact) mass is 501 g/mol. The van der Waals surface area contributed by atoms with Crippen LogP contribution >= 0.6 is 0 Å². The molecule has 0 spiro atoms. The van der Waals surface area contributed by atoms with E-state index in [2.05, 4.69) is 18.8 Å². The van der Waals surface area contributed by atoms with Crippen molar-refractivity contribution in [3.63, 3.8) is 0 Å². The first-order valence-electron chi connectivity index (χ1n) is 12.5. The Balaban J connectivity index is 1.94. The molecule has 2 aromatic rings. The summed E-state index contributed by atoms with van der Waals surface area (Å²) in [6.07, 6.45) is 6.13. The number of carbonyl (C=O) groups excluding carboxylic acids is 1. The lowest BCUT2D eigenvalue weighted by Crippen LogP contribution is -2.36. The number of alkyl halides is 3. The Morgan fingerprint density at radius 3 is 2.08 bits per heavy atom. The highest BCUT2D eigenvalue weighted by molar-refractivity contribution is 6.31. The van der Waals surface area contributed by atoms with Crippen molar-refractivity contribution >= 4 is 11.9 Å². The molecule has 7 heteroatoms. The summed E-state index contributed by atoms with van der Waals surface area (Å²) in [4.78, 5) is 24.4. The molecule has 0 atom stereocenters. The molecule has 2 rings (SSSR count). The lowest BCUT2D eigenvalue weighted by Gasteiger charge is -2.23. The Morgan fingerprint density at radius 2 is 1.47 bits per heavy atom. The average molecular weight is 502 g/mol. The minimum absolute atomic E-state index is 0.136. The molecule has 0 unspecified atom stereocenters. The summed E-state index contributed by atoms with van der Waals surface area (Å²) in [6, 6.07) is 11.8. The Labute approximate surface area is 211 Å². The third-order valence-electron chi connectivity index (χ3n) is 5.87. The maximum absolute atomic E-state index is 13.3. The molecular formula is C29H34F3NO3. The van der Waals surface area contributed by atoms with Gasteiger partial charge in [0.2, 0.25) is 0 Å². The highest BCUT2D eigenvalue weighted by Crippen LogP contribution is 2.32. The van der Waals surface area contributed by atoms with E-state index in [9.17, 15) is 27.9 Å². The van der Waals surface area contributed by atoms with Crippen LogP contribution in [0.3, 0.4) is 0 Å². The van der Waals surface area contributed by atoms with Crippen LogP contribution in [0.4, 0.5) is 13.2 Å². The third-order valence-corrected chi connectivity index (χ3v) is 5.87. The summed E-state index contributed by atoms with van der Waals surface area (Å²) in [6.45, 7) is 1.60. The molecule has 0 heterocycles. The van der Waals surface area contributed by atoms with Gasteiger partial charge in [-0.1, -0.05) is 94.0 Å². The maximum atomic E-state index is 13.3. The zero-order valence-corrected chi connectivity index (χ0v) is 20.7. The smallest absolute Gasteiger partial charge is 0.416 e. The lowest BCUT2D eigenvalue weighted by atomic mass is 10.1. The zero-order valence-electron chi connectivity index (χ0n) is 20.7. The lowest BCUT2D eigenvalue weighted by molar-refractivity contribution is -0.156. The number of aliphatic carboxylic acids is 1. The van der Waals surface area contributed by atoms with Crippen LogP contribution in [-0.4, -0.2) is 21.9 Å². The van der Waals surface area contributed by atoms with Crippen molar-refractivity contribution in [2.45, 2.75) is 84.0 Å². The number of nitrogens with zero attached hydrogens (tertiary/aromatic N) is 1. The molecule has 0 aliphatic rings. The van der Waals surface area contributed by atoms with Crippen molar-refractivity contribution in [1.29, 1.82) is 0 Å². The SMILES string of the molecule is CCCCCCCCCCC#Cc1ccc(CN(Cc2ccccc2C(F)(F)F)C(=O)C(=O)O)cc1. The van der Waals surface area contributed by atoms with Crippen molar-refractivity contribution in [2.24, 2.45) is 0 Å². The second-order valence-electron chi connectivity index (χ2n) is 8.84. The van der Waals surface area contributed by atoms with Gasteiger partial charge < -0.3 is 10.0 Å². The number of carboxylic acids is 1. The van der Waals surface area contributed by atoms with Crippen LogP contribution in [-0.2, 0) is 28.9 Å². The summed E-state index contributed by atoms with van der Waals surface area (Å²) in [5.41, 5.74) is 0.331. The molecule has 0 saturated carbocycles. The van der Waals surface area contributed by atoms with Crippen LogP contribution in [0.5, 0.6) is 0 Å². The highest BCUT2D eigenvalue weighted by atomic mass is 19.4. The molecule has 2 aromatic carbocycles. The molecule has 0 radical (unpaired) electrons. The molecule has 0 aliphatic carbocycles. The Kier molecular flexibility index (Phi) is 12.0. The first-order chi connectivity index (χ1) is 17.2. The molecule has 0 aromatic heterocycles. The van der Waals surface area contributed by atoms with Crippen molar-refractivity contribution in [3.8, 4) is 11.8 Å². The van der Waals surface area contributed by atoms with Gasteiger partial charge in [0.15, 0.2) is 0 Å². The van der Waals surface area contributed by atoms with E-state index >= 15 is 0 Å². The molecule has 0 fully saturated rings. The Morgan fingerprint density at radius 1 is 0.861 bits per heavy atom. The molecule has 194 valence electrons. The third kappa shape index (κ3) is 10.2. The topological polar surface area (TPSA) is 57.6 Å². The number of hydrogen-bond acceptors (Lipinski definition) is 2. The van der Waals surface area contributed by atoms with E-state index in [-0.39, 0.29) is 12.1 Å². The Hall–Kier alpha value is -3.27. The normalized spacial score (nSPS) is 11.0. The summed E-state index contributed by atoms with van der Waals surface area (Å²) in [7, 11) is 0. The number of carbonyl (C=O) groups is 2. The van der Waals surface area contributed by atoms with Gasteiger partial charge in [0.1, 0.15) is 0 Å². The molecule has 0 aliphatic heterocycles. The van der Waals surface area contributed by atoms with E-state index in [1.165, 1.54) is 63.1 Å². The van der Waals surface area contributed by atoms with Crippen LogP contribution in [0.2, 0.25) is 0 Å². The van der Waals surface area contributed by atoms with Gasteiger partial charge in [-0.25, -0.2) is 4.79 Å². The van der Waals surface area contributed by atoms with Crippen molar-refractivity contribution < 1.29 is 27.9 Å². The van der Waals surface area contributed by atoms with Crippen molar-refractivity contribution in [1.82, 2.24) is 4.90 Å². The fraction of sp³-hybridized carbons (Fsp3) is 0.448. The zero-order chi connectivity index (χ0) is 26.4. The van der Waals surface area contributed by atoms with Crippen LogP contribution in [0, 0.1) is 11.8 Å². The van der Waals surface area contributed by atoms with Crippen molar-refractivity contribution in [2.75, 3.05) is 0 Å². The molecule has 0 bridgehead atoms. The first kappa shape index (κ1) is 29.0. The molecular weight excluding hydrogens is 467 g/mol. The number of unbranched alkanes of at least 4 members (excludes halogenated alkanes) is 8. The minimum atomic E-state index is -4.61. The van der Waals surface area contributed by atoms with Gasteiger partial charge in [0, 0.05) is 25.1 Å². The average Bonchev–Trinajstić information content (AvgIpc) is 2.85. The van der Waals surface area contributed by atoms with Gasteiger partial charge in [-0.05, 0) is 35.7 Å². The van der Waals surface area contributed by atoms with E-state index < -0.39 is 30.2 Å². The molecule has 4 nitrogen and oxygen atoms in total. The largest absolute Gasteiger partial charge is 0.474 e. The van der Waals surface area contributed by atoms with Crippen LogP contribution in [0.1, 0.15) is 87.0 Å². The van der Waals surface area contributed by atoms with Gasteiger partial charge in [-0.3, -0.25) is 4.79 Å². The van der Waals surface area contributed by atoms with E-state index in [4.69, 9.17) is 0 Å². The summed E-state index contributed by atoms with van der Waals surface area (Å²) < 4.78 is 40.0. The van der Waals surface area contributed by atoms with E-state index in [1.54, 1.807) is 24.3 Å². The second kappa shape index (κ2) is 15.0. The van der Waals surface area contributed by atoms with Gasteiger partial charge in [0.25, 0.3) is 0 Å². The summed E-state index contributed by atoms with van der Waals surface area (Å²) >= 11 is 0. The maximum Gasteiger partial charge on any atom is 0.416 e. The van der Waals surface area contributed by atoms with E-state index in [1.807, 2.05) is 0 Å². The quantitative estimate of drug-likeness (QED) is 0.190. The Bertz CT molecular complexity index is 1040. The highest BCUT2D eigenvalue weighted by Gasteiger charge is 2.34. The van der Waals surface area contributed by atoms with Crippen LogP contribution < -0.4 is 0 Å². The van der Waals surface area contributed by atoms with Crippen LogP contribution in [0.15, 0.2) is 48.5 Å². The molecule has 36 heavy (non-hydrogen) atoms. The predicted octanol–water partition coefficient (Wildman–Crippen LogP) is 7.20. The van der Waals surface area contributed by atoms with Gasteiger partial charge in [0.05, 0.1) is 5.56 Å². The van der Waals surface area contributed by atoms with E-state index in [0.29, 0.717) is 5.56 Å². The molecule has 0 saturated heterocycles. The van der Waals surface area contributed by atoms with Gasteiger partial charge in [-0.2, -0.15) is 13.2 Å². The van der Waals surface area contributed by atoms with Gasteiger partial charge >= 0.3 is 18.1 Å². The fourth-order valence-electron chi connectivity index (χ4n) is 3.90. The van der Waals surface area contributed by atoms with Crippen LogP contribution in [0.25, 0.3) is 0 Å². The van der Waals surface area contributed by atoms with Crippen molar-refractivity contribution in [3.05, 3.63) is 70.8 Å². The fourth-order valence-corrected chi connectivity index (χ4v) is 3.90. The second-order valence-corrected chi connectivity index (χ2v) is 8.84. The standard InChI is InChI=1S/C29H34F3NO3/c1-2-3-4-5-6-7-8-9-10-11-14-23-17-19-24(20-18-23)21-33(27(34)28(35)36)22-25-15-12-13-16-26(25)29(30,31)32/h12-13,15-20H,2-10,21-22H2,1H3,(H,35,36). The summed E-state index contributed by atoms with van der Waals surface area (Å²) in [5, 5.41) is 9.17. The number of hydrogen-bond donors (Lipinski definition) is 1. The van der Waals surface area contributed by atoms with Gasteiger partial charge in [-0.15, -0.1) is 0 Å². The number of halogens is 3. The number of benzene rings is 2. The molecule has 1 N–H and O–H groups in total. The number of carboxylic acid groups (broad SMARTS) is 1. The number of rotatable bonds is 12.